The van der Waals surface area contributed by atoms with Crippen LogP contribution in [0.3, 0.4) is 0 Å². The molecule has 0 aromatic heterocycles. The molecule has 6 heteroatoms. The number of amides is 1. The maximum atomic E-state index is 12.5. The van der Waals surface area contributed by atoms with E-state index in [0.717, 1.165) is 51.4 Å². The van der Waals surface area contributed by atoms with Crippen molar-refractivity contribution < 1.29 is 24.5 Å². The molecular formula is C67H125NO5. The molecule has 0 aliphatic rings. The molecule has 0 aliphatic heterocycles. The molecule has 6 nitrogen and oxygen atoms in total. The maximum Gasteiger partial charge on any atom is 0.305 e. The Morgan fingerprint density at radius 3 is 1.08 bits per heavy atom. The van der Waals surface area contributed by atoms with Crippen LogP contribution in [0, 0.1) is 0 Å². The highest BCUT2D eigenvalue weighted by atomic mass is 16.5. The van der Waals surface area contributed by atoms with Crippen molar-refractivity contribution in [2.24, 2.45) is 0 Å². The second-order valence-corrected chi connectivity index (χ2v) is 22.1. The summed E-state index contributed by atoms with van der Waals surface area (Å²) in [4.78, 5) is 24.5. The highest BCUT2D eigenvalue weighted by Gasteiger charge is 2.18. The summed E-state index contributed by atoms with van der Waals surface area (Å²) >= 11 is 0. The van der Waals surface area contributed by atoms with Crippen molar-refractivity contribution >= 4 is 11.9 Å². The number of ether oxygens (including phenoxy) is 1. The summed E-state index contributed by atoms with van der Waals surface area (Å²) < 4.78 is 5.46. The minimum Gasteiger partial charge on any atom is -0.466 e. The van der Waals surface area contributed by atoms with Gasteiger partial charge in [0.2, 0.25) is 5.91 Å². The van der Waals surface area contributed by atoms with Crippen molar-refractivity contribution in [1.82, 2.24) is 5.32 Å². The third-order valence-electron chi connectivity index (χ3n) is 14.8. The number of unbranched alkanes of at least 4 members (excludes halogenated alkanes) is 43. The highest BCUT2D eigenvalue weighted by Crippen LogP contribution is 2.17. The molecule has 2 unspecified atom stereocenters. The molecule has 1 amide bonds. The van der Waals surface area contributed by atoms with Crippen molar-refractivity contribution in [3.8, 4) is 0 Å². The summed E-state index contributed by atoms with van der Waals surface area (Å²) in [5.41, 5.74) is 0. The first-order valence-corrected chi connectivity index (χ1v) is 32.4. The summed E-state index contributed by atoms with van der Waals surface area (Å²) in [5.74, 6) is -0.0697. The topological polar surface area (TPSA) is 95.9 Å². The Morgan fingerprint density at radius 1 is 0.384 bits per heavy atom. The molecule has 73 heavy (non-hydrogen) atoms. The maximum absolute atomic E-state index is 12.5. The number of esters is 1. The van der Waals surface area contributed by atoms with E-state index in [4.69, 9.17) is 4.74 Å². The minimum atomic E-state index is -0.847. The van der Waals surface area contributed by atoms with E-state index in [1.54, 1.807) is 6.08 Å². The standard InChI is InChI=1S/C67H125NO5/c1-3-5-7-9-11-13-15-17-18-30-33-36-39-43-47-51-55-59-65(70)64(63-69)68-66(71)60-56-52-48-44-40-37-34-31-28-26-24-22-20-19-21-23-25-27-29-32-35-38-42-46-50-54-58-62-73-67(72)61-57-53-49-45-41-16-14-12-10-8-6-4-2/h12,14,19-20,23,25,55,59,64-65,69-70H,3-11,13,15-18,21-22,24,26-54,56-58,60-63H2,1-2H3,(H,68,71)/b14-12-,20-19-,25-23-,59-55+. The lowest BCUT2D eigenvalue weighted by Gasteiger charge is -2.20. The van der Waals surface area contributed by atoms with Crippen molar-refractivity contribution in [2.75, 3.05) is 13.2 Å². The number of hydrogen-bond acceptors (Lipinski definition) is 5. The second-order valence-electron chi connectivity index (χ2n) is 22.1. The van der Waals surface area contributed by atoms with Crippen LogP contribution >= 0.6 is 0 Å². The second kappa shape index (κ2) is 62.4. The molecule has 3 N–H and O–H groups in total. The van der Waals surface area contributed by atoms with Crippen LogP contribution in [0.2, 0.25) is 0 Å². The molecule has 0 spiro atoms. The summed E-state index contributed by atoms with van der Waals surface area (Å²) in [6, 6.07) is -0.631. The van der Waals surface area contributed by atoms with E-state index < -0.39 is 12.1 Å². The Morgan fingerprint density at radius 2 is 0.685 bits per heavy atom. The lowest BCUT2D eigenvalue weighted by atomic mass is 10.0. The molecule has 0 aromatic carbocycles. The predicted octanol–water partition coefficient (Wildman–Crippen LogP) is 20.5. The Labute approximate surface area is 455 Å². The van der Waals surface area contributed by atoms with Crippen molar-refractivity contribution in [3.63, 3.8) is 0 Å². The van der Waals surface area contributed by atoms with Gasteiger partial charge in [-0.3, -0.25) is 9.59 Å². The normalized spacial score (nSPS) is 12.9. The van der Waals surface area contributed by atoms with Crippen LogP contribution in [-0.2, 0) is 14.3 Å². The minimum absolute atomic E-state index is 0.000109. The largest absolute Gasteiger partial charge is 0.466 e. The number of aliphatic hydroxyl groups excluding tert-OH is 2. The van der Waals surface area contributed by atoms with Gasteiger partial charge in [0.1, 0.15) is 0 Å². The van der Waals surface area contributed by atoms with Crippen LogP contribution in [0.25, 0.3) is 0 Å². The average molecular weight is 1020 g/mol. The number of allylic oxidation sites excluding steroid dienone is 7. The summed E-state index contributed by atoms with van der Waals surface area (Å²) in [6.45, 7) is 4.89. The lowest BCUT2D eigenvalue weighted by molar-refractivity contribution is -0.143. The third-order valence-corrected chi connectivity index (χ3v) is 14.8. The molecule has 0 saturated heterocycles. The number of rotatable bonds is 60. The molecule has 0 aromatic rings. The summed E-state index contributed by atoms with van der Waals surface area (Å²) in [7, 11) is 0. The van der Waals surface area contributed by atoms with Crippen LogP contribution < -0.4 is 5.32 Å². The molecule has 0 saturated carbocycles. The van der Waals surface area contributed by atoms with Gasteiger partial charge in [-0.1, -0.05) is 287 Å². The molecule has 0 rings (SSSR count). The summed E-state index contributed by atoms with van der Waals surface area (Å²) in [5, 5.41) is 23.2. The van der Waals surface area contributed by atoms with Gasteiger partial charge >= 0.3 is 5.97 Å². The first kappa shape index (κ1) is 70.8. The van der Waals surface area contributed by atoms with Gasteiger partial charge in [-0.05, 0) is 89.9 Å². The van der Waals surface area contributed by atoms with Crippen LogP contribution in [0.15, 0.2) is 48.6 Å². The Balaban J connectivity index is 3.45. The molecular weight excluding hydrogens is 899 g/mol. The molecule has 0 bridgehead atoms. The smallest absolute Gasteiger partial charge is 0.305 e. The first-order chi connectivity index (χ1) is 36.0. The van der Waals surface area contributed by atoms with Gasteiger partial charge in [0, 0.05) is 12.8 Å². The van der Waals surface area contributed by atoms with E-state index in [2.05, 4.69) is 55.6 Å². The molecule has 0 aliphatic carbocycles. The van der Waals surface area contributed by atoms with E-state index in [0.29, 0.717) is 19.4 Å². The van der Waals surface area contributed by atoms with E-state index >= 15 is 0 Å². The van der Waals surface area contributed by atoms with Crippen molar-refractivity contribution in [2.45, 2.75) is 353 Å². The highest BCUT2D eigenvalue weighted by molar-refractivity contribution is 5.76. The molecule has 2 atom stereocenters. The van der Waals surface area contributed by atoms with Crippen LogP contribution in [0.4, 0.5) is 0 Å². The van der Waals surface area contributed by atoms with Gasteiger partial charge in [0.05, 0.1) is 25.4 Å². The van der Waals surface area contributed by atoms with Crippen LogP contribution in [0.1, 0.15) is 341 Å². The van der Waals surface area contributed by atoms with E-state index in [1.807, 2.05) is 6.08 Å². The molecule has 0 heterocycles. The van der Waals surface area contributed by atoms with E-state index in [9.17, 15) is 19.8 Å². The van der Waals surface area contributed by atoms with Gasteiger partial charge in [0.25, 0.3) is 0 Å². The first-order valence-electron chi connectivity index (χ1n) is 32.4. The van der Waals surface area contributed by atoms with Gasteiger partial charge in [-0.25, -0.2) is 0 Å². The Bertz CT molecular complexity index is 1230. The predicted molar refractivity (Wildman–Crippen MR) is 319 cm³/mol. The van der Waals surface area contributed by atoms with Gasteiger partial charge < -0.3 is 20.3 Å². The Hall–Kier alpha value is -2.18. The van der Waals surface area contributed by atoms with E-state index in [-0.39, 0.29) is 18.5 Å². The number of carbonyl (C=O) groups excluding carboxylic acids is 2. The number of hydrogen-bond donors (Lipinski definition) is 3. The molecule has 428 valence electrons. The number of nitrogens with one attached hydrogen (secondary N) is 1. The zero-order valence-electron chi connectivity index (χ0n) is 48.9. The third kappa shape index (κ3) is 58.9. The lowest BCUT2D eigenvalue weighted by Crippen LogP contribution is -2.45. The van der Waals surface area contributed by atoms with Crippen LogP contribution in [0.5, 0.6) is 0 Å². The zero-order chi connectivity index (χ0) is 52.9. The van der Waals surface area contributed by atoms with Crippen LogP contribution in [-0.4, -0.2) is 47.4 Å². The van der Waals surface area contributed by atoms with Crippen molar-refractivity contribution in [1.29, 1.82) is 0 Å². The SMILES string of the molecule is CCCCC/C=C\CCCCCCCC(=O)OCCCCCCCCCCC/C=C\C/C=C\CCCCCCCCCCCCCC(=O)NC(CO)C(O)/C=C/CCCCCCCCCCCCCCCCC. The average Bonchev–Trinajstić information content (AvgIpc) is 3.39. The monoisotopic (exact) mass is 1020 g/mol. The van der Waals surface area contributed by atoms with Crippen molar-refractivity contribution in [3.05, 3.63) is 48.6 Å². The fourth-order valence-corrected chi connectivity index (χ4v) is 9.84. The summed E-state index contributed by atoms with van der Waals surface area (Å²) in [6.07, 6.45) is 80.2. The van der Waals surface area contributed by atoms with Gasteiger partial charge in [-0.2, -0.15) is 0 Å². The number of carbonyl (C=O) groups is 2. The molecule has 0 radical (unpaired) electrons. The zero-order valence-corrected chi connectivity index (χ0v) is 48.9. The molecule has 0 fully saturated rings. The number of aliphatic hydroxyl groups is 2. The van der Waals surface area contributed by atoms with Gasteiger partial charge in [0.15, 0.2) is 0 Å². The fourth-order valence-electron chi connectivity index (χ4n) is 9.84. The van der Waals surface area contributed by atoms with E-state index in [1.165, 1.54) is 263 Å². The van der Waals surface area contributed by atoms with Gasteiger partial charge in [-0.15, -0.1) is 0 Å². The quantitative estimate of drug-likeness (QED) is 0.0320. The fraction of sp³-hybridized carbons (Fsp3) is 0.851. The Kier molecular flexibility index (Phi) is 60.5.